The van der Waals surface area contributed by atoms with E-state index >= 15 is 0 Å². The summed E-state index contributed by atoms with van der Waals surface area (Å²) in [5.74, 6) is -0.553. The summed E-state index contributed by atoms with van der Waals surface area (Å²) in [5.41, 5.74) is -2.14. The van der Waals surface area contributed by atoms with Crippen molar-refractivity contribution in [1.29, 1.82) is 0 Å². The van der Waals surface area contributed by atoms with E-state index in [-0.39, 0.29) is 35.4 Å². The van der Waals surface area contributed by atoms with Crippen molar-refractivity contribution in [3.63, 3.8) is 0 Å². The average molecular weight is 601 g/mol. The van der Waals surface area contributed by atoms with Crippen molar-refractivity contribution in [3.8, 4) is 0 Å². The Labute approximate surface area is 240 Å². The van der Waals surface area contributed by atoms with Gasteiger partial charge in [-0.25, -0.2) is 4.79 Å². The molecule has 2 aromatic rings. The van der Waals surface area contributed by atoms with Gasteiger partial charge in [0, 0.05) is 31.0 Å². The van der Waals surface area contributed by atoms with Crippen LogP contribution in [0.2, 0.25) is 0 Å². The molecule has 1 saturated carbocycles. The summed E-state index contributed by atoms with van der Waals surface area (Å²) in [6, 6.07) is 10.7. The number of alkyl carbamates (subject to hydrolysis) is 1. The first kappa shape index (κ1) is 31.7. The summed E-state index contributed by atoms with van der Waals surface area (Å²) in [5, 5.41) is 2.77. The maximum atomic E-state index is 13.5. The number of alkyl halides is 6. The molecule has 1 saturated heterocycles. The zero-order chi connectivity index (χ0) is 30.7. The molecule has 2 amide bonds. The number of hydrogen-bond donors (Lipinski definition) is 1. The maximum Gasteiger partial charge on any atom is 0.416 e. The van der Waals surface area contributed by atoms with Gasteiger partial charge in [0.2, 0.25) is 5.91 Å². The minimum absolute atomic E-state index is 0.00774. The number of carbonyl (C=O) groups is 2. The first-order valence-electron chi connectivity index (χ1n) is 13.9. The monoisotopic (exact) mass is 600 g/mol. The summed E-state index contributed by atoms with van der Waals surface area (Å²) < 4.78 is 91.5. The molecule has 3 atom stereocenters. The molecule has 4 rings (SSSR count). The van der Waals surface area contributed by atoms with Gasteiger partial charge in [0.1, 0.15) is 0 Å². The summed E-state index contributed by atoms with van der Waals surface area (Å²) in [6.45, 7) is 2.09. The number of rotatable bonds is 6. The van der Waals surface area contributed by atoms with Crippen LogP contribution in [-0.4, -0.2) is 49.2 Å². The predicted molar refractivity (Wildman–Crippen MR) is 141 cm³/mol. The second-order valence-corrected chi connectivity index (χ2v) is 10.9. The van der Waals surface area contributed by atoms with Crippen molar-refractivity contribution < 1.29 is 45.4 Å². The highest BCUT2D eigenvalue weighted by Gasteiger charge is 2.40. The standard InChI is InChI=1S/C30H34F6N2O4/c1-18(21-14-22(29(31,32)33)16-23(15-21)30(34,35)36)42-26-12-13-38(17-25(26)19-6-4-3-5-7-19)27(39)20-8-10-24(11-9-20)37-28(40)41-2/h3-7,14-16,18,20,24-26H,8-13,17H2,1-2H3,(H,37,40)/t18-,20-,24-,25+,26+/m1/s1. The Morgan fingerprint density at radius 2 is 1.50 bits per heavy atom. The van der Waals surface area contributed by atoms with E-state index in [2.05, 4.69) is 10.1 Å². The number of likely N-dealkylation sites (tertiary alicyclic amines) is 1. The fourth-order valence-electron chi connectivity index (χ4n) is 5.84. The Hall–Kier alpha value is -3.28. The number of benzene rings is 2. The molecule has 0 aromatic heterocycles. The van der Waals surface area contributed by atoms with Crippen molar-refractivity contribution in [2.24, 2.45) is 5.92 Å². The van der Waals surface area contributed by atoms with E-state index in [1.54, 1.807) is 4.90 Å². The highest BCUT2D eigenvalue weighted by atomic mass is 19.4. The van der Waals surface area contributed by atoms with Gasteiger partial charge in [-0.2, -0.15) is 26.3 Å². The smallest absolute Gasteiger partial charge is 0.416 e. The quantitative estimate of drug-likeness (QED) is 0.359. The summed E-state index contributed by atoms with van der Waals surface area (Å²) in [4.78, 5) is 26.8. The van der Waals surface area contributed by atoms with Gasteiger partial charge in [0.25, 0.3) is 0 Å². The van der Waals surface area contributed by atoms with E-state index in [1.807, 2.05) is 30.3 Å². The summed E-state index contributed by atoms with van der Waals surface area (Å²) in [7, 11) is 1.29. The van der Waals surface area contributed by atoms with Crippen LogP contribution >= 0.6 is 0 Å². The minimum Gasteiger partial charge on any atom is -0.453 e. The van der Waals surface area contributed by atoms with Crippen LogP contribution in [0.15, 0.2) is 48.5 Å². The van der Waals surface area contributed by atoms with Crippen molar-refractivity contribution in [2.75, 3.05) is 20.2 Å². The molecule has 1 aliphatic heterocycles. The fraction of sp³-hybridized carbons (Fsp3) is 0.533. The SMILES string of the molecule is COC(=O)N[C@H]1CC[C@H](C(=O)N2CC[C@H](O[C@H](C)c3cc(C(F)(F)F)cc(C(F)(F)F)c3)[C@H](c3ccccc3)C2)CC1. The lowest BCUT2D eigenvalue weighted by molar-refractivity contribution is -0.143. The number of methoxy groups -OCH3 is 1. The lowest BCUT2D eigenvalue weighted by Crippen LogP contribution is -2.49. The first-order valence-corrected chi connectivity index (χ1v) is 13.9. The molecule has 0 unspecified atom stereocenters. The van der Waals surface area contributed by atoms with Crippen LogP contribution in [0.4, 0.5) is 31.1 Å². The topological polar surface area (TPSA) is 67.9 Å². The molecule has 6 nitrogen and oxygen atoms in total. The molecule has 42 heavy (non-hydrogen) atoms. The van der Waals surface area contributed by atoms with E-state index in [4.69, 9.17) is 4.74 Å². The molecule has 12 heteroatoms. The van der Waals surface area contributed by atoms with Crippen molar-refractivity contribution >= 4 is 12.0 Å². The third-order valence-electron chi connectivity index (χ3n) is 8.13. The van der Waals surface area contributed by atoms with Crippen LogP contribution < -0.4 is 5.32 Å². The van der Waals surface area contributed by atoms with Crippen LogP contribution in [0.5, 0.6) is 0 Å². The van der Waals surface area contributed by atoms with Gasteiger partial charge in [-0.05, 0) is 68.4 Å². The van der Waals surface area contributed by atoms with Gasteiger partial charge in [-0.1, -0.05) is 30.3 Å². The molecular formula is C30H34F6N2O4. The normalized spacial score (nSPS) is 24.1. The number of hydrogen-bond acceptors (Lipinski definition) is 4. The van der Waals surface area contributed by atoms with Crippen LogP contribution in [0, 0.1) is 5.92 Å². The van der Waals surface area contributed by atoms with Gasteiger partial charge in [-0.15, -0.1) is 0 Å². The first-order chi connectivity index (χ1) is 19.8. The highest BCUT2D eigenvalue weighted by molar-refractivity contribution is 5.79. The number of nitrogens with zero attached hydrogens (tertiary/aromatic N) is 1. The molecule has 0 radical (unpaired) electrons. The lowest BCUT2D eigenvalue weighted by atomic mass is 9.83. The van der Waals surface area contributed by atoms with E-state index in [1.165, 1.54) is 14.0 Å². The molecule has 0 spiro atoms. The summed E-state index contributed by atoms with van der Waals surface area (Å²) in [6.07, 6.45) is -9.18. The predicted octanol–water partition coefficient (Wildman–Crippen LogP) is 7.10. The Morgan fingerprint density at radius 3 is 2.05 bits per heavy atom. The summed E-state index contributed by atoms with van der Waals surface area (Å²) >= 11 is 0. The van der Waals surface area contributed by atoms with Gasteiger partial charge in [0.05, 0.1) is 30.4 Å². The Morgan fingerprint density at radius 1 is 0.905 bits per heavy atom. The second-order valence-electron chi connectivity index (χ2n) is 10.9. The molecule has 2 aromatic carbocycles. The van der Waals surface area contributed by atoms with E-state index in [9.17, 15) is 35.9 Å². The van der Waals surface area contributed by atoms with Crippen molar-refractivity contribution in [2.45, 2.75) is 75.5 Å². The highest BCUT2D eigenvalue weighted by Crippen LogP contribution is 2.40. The van der Waals surface area contributed by atoms with E-state index in [0.717, 1.165) is 5.56 Å². The Bertz CT molecular complexity index is 1200. The number of carbonyl (C=O) groups excluding carboxylic acids is 2. The van der Waals surface area contributed by atoms with E-state index < -0.39 is 41.8 Å². The molecule has 230 valence electrons. The fourth-order valence-corrected chi connectivity index (χ4v) is 5.84. The molecule has 0 bridgehead atoms. The van der Waals surface area contributed by atoms with Crippen molar-refractivity contribution in [3.05, 3.63) is 70.8 Å². The molecule has 2 aliphatic rings. The zero-order valence-corrected chi connectivity index (χ0v) is 23.3. The van der Waals surface area contributed by atoms with Gasteiger partial charge < -0.3 is 19.7 Å². The lowest BCUT2D eigenvalue weighted by Gasteiger charge is -2.41. The number of ether oxygens (including phenoxy) is 2. The average Bonchev–Trinajstić information content (AvgIpc) is 2.96. The molecular weight excluding hydrogens is 566 g/mol. The maximum absolute atomic E-state index is 13.5. The second kappa shape index (κ2) is 12.9. The number of piperidine rings is 1. The number of halogens is 6. The Kier molecular flexibility index (Phi) is 9.74. The molecule has 1 N–H and O–H groups in total. The van der Waals surface area contributed by atoms with Crippen molar-refractivity contribution in [1.82, 2.24) is 10.2 Å². The molecule has 1 aliphatic carbocycles. The minimum atomic E-state index is -4.96. The molecule has 1 heterocycles. The van der Waals surface area contributed by atoms with Crippen LogP contribution in [0.1, 0.15) is 73.3 Å². The zero-order valence-electron chi connectivity index (χ0n) is 23.3. The number of nitrogens with one attached hydrogen (secondary N) is 1. The third-order valence-corrected chi connectivity index (χ3v) is 8.13. The van der Waals surface area contributed by atoms with Crippen LogP contribution in [0.25, 0.3) is 0 Å². The van der Waals surface area contributed by atoms with Crippen LogP contribution in [-0.2, 0) is 26.6 Å². The van der Waals surface area contributed by atoms with Crippen LogP contribution in [0.3, 0.4) is 0 Å². The van der Waals surface area contributed by atoms with Gasteiger partial charge in [-0.3, -0.25) is 4.79 Å². The third kappa shape index (κ3) is 7.76. The molecule has 2 fully saturated rings. The number of amides is 2. The Balaban J connectivity index is 1.50. The largest absolute Gasteiger partial charge is 0.453 e. The van der Waals surface area contributed by atoms with E-state index in [0.29, 0.717) is 57.3 Å². The van der Waals surface area contributed by atoms with Gasteiger partial charge >= 0.3 is 18.4 Å². The van der Waals surface area contributed by atoms with Gasteiger partial charge in [0.15, 0.2) is 0 Å².